The maximum Gasteiger partial charge on any atom is 0.158 e. The van der Waals surface area contributed by atoms with Crippen LogP contribution in [0, 0.1) is 0 Å². The molecule has 0 amide bonds. The molecule has 2 rings (SSSR count). The second-order valence-electron chi connectivity index (χ2n) is 3.43. The Morgan fingerprint density at radius 3 is 3.06 bits per heavy atom. The van der Waals surface area contributed by atoms with Gasteiger partial charge in [-0.25, -0.2) is 9.97 Å². The third-order valence-electron chi connectivity index (χ3n) is 2.19. The van der Waals surface area contributed by atoms with Crippen LogP contribution < -0.4 is 5.32 Å². The van der Waals surface area contributed by atoms with Crippen molar-refractivity contribution in [3.63, 3.8) is 0 Å². The number of rotatable bonds is 5. The Kier molecular flexibility index (Phi) is 3.69. The molecule has 0 fully saturated rings. The van der Waals surface area contributed by atoms with E-state index >= 15 is 0 Å². The van der Waals surface area contributed by atoms with Crippen molar-refractivity contribution in [2.45, 2.75) is 20.0 Å². The summed E-state index contributed by atoms with van der Waals surface area (Å²) >= 11 is 1.62. The summed E-state index contributed by atoms with van der Waals surface area (Å²) in [6.45, 7) is 3.32. The van der Waals surface area contributed by atoms with E-state index in [1.165, 1.54) is 0 Å². The summed E-state index contributed by atoms with van der Waals surface area (Å²) in [5.41, 5.74) is 0. The third-order valence-corrected chi connectivity index (χ3v) is 2.99. The highest BCUT2D eigenvalue weighted by Crippen LogP contribution is 2.24. The predicted molar refractivity (Wildman–Crippen MR) is 66.9 cm³/mol. The van der Waals surface area contributed by atoms with Gasteiger partial charge in [-0.2, -0.15) is 0 Å². The van der Waals surface area contributed by atoms with Crippen LogP contribution >= 0.6 is 11.3 Å². The van der Waals surface area contributed by atoms with E-state index in [1.54, 1.807) is 11.3 Å². The molecule has 0 bridgehead atoms. The lowest BCUT2D eigenvalue weighted by Crippen LogP contribution is -2.03. The van der Waals surface area contributed by atoms with Gasteiger partial charge in [0.05, 0.1) is 5.39 Å². The minimum Gasteiger partial charge on any atom is -0.373 e. The van der Waals surface area contributed by atoms with Gasteiger partial charge < -0.3 is 10.1 Å². The first kappa shape index (κ1) is 11.3. The number of nitrogens with one attached hydrogen (secondary N) is 1. The number of hydrogen-bond acceptors (Lipinski definition) is 5. The third kappa shape index (κ3) is 2.31. The molecular weight excluding hydrogens is 222 g/mol. The Morgan fingerprint density at radius 2 is 2.31 bits per heavy atom. The van der Waals surface area contributed by atoms with Crippen LogP contribution in [-0.4, -0.2) is 23.6 Å². The fourth-order valence-corrected chi connectivity index (χ4v) is 2.25. The highest BCUT2D eigenvalue weighted by atomic mass is 32.1. The quantitative estimate of drug-likeness (QED) is 0.812. The molecule has 86 valence electrons. The second kappa shape index (κ2) is 5.23. The first-order chi connectivity index (χ1) is 7.85. The monoisotopic (exact) mass is 237 g/mol. The summed E-state index contributed by atoms with van der Waals surface area (Å²) in [4.78, 5) is 9.89. The zero-order valence-electron chi connectivity index (χ0n) is 9.49. The van der Waals surface area contributed by atoms with Crippen LogP contribution in [0.15, 0.2) is 11.4 Å². The van der Waals surface area contributed by atoms with E-state index in [4.69, 9.17) is 4.74 Å². The average molecular weight is 237 g/mol. The Morgan fingerprint density at radius 1 is 1.44 bits per heavy atom. The number of aromatic nitrogens is 2. The maximum absolute atomic E-state index is 5.45. The summed E-state index contributed by atoms with van der Waals surface area (Å²) in [7, 11) is 1.87. The summed E-state index contributed by atoms with van der Waals surface area (Å²) in [6.07, 6.45) is 1.01. The van der Waals surface area contributed by atoms with Crippen LogP contribution in [0.3, 0.4) is 0 Å². The first-order valence-corrected chi connectivity index (χ1v) is 6.22. The topological polar surface area (TPSA) is 47.0 Å². The van der Waals surface area contributed by atoms with Gasteiger partial charge in [-0.1, -0.05) is 6.92 Å². The van der Waals surface area contributed by atoms with Crippen molar-refractivity contribution in [3.8, 4) is 0 Å². The number of hydrogen-bond donors (Lipinski definition) is 1. The minimum absolute atomic E-state index is 0.483. The molecule has 2 heterocycles. The normalized spacial score (nSPS) is 10.9. The Labute approximate surface area is 98.7 Å². The Balaban J connectivity index is 2.25. The highest BCUT2D eigenvalue weighted by molar-refractivity contribution is 7.16. The summed E-state index contributed by atoms with van der Waals surface area (Å²) < 4.78 is 5.45. The van der Waals surface area contributed by atoms with Gasteiger partial charge in [0.2, 0.25) is 0 Å². The van der Waals surface area contributed by atoms with Gasteiger partial charge in [-0.15, -0.1) is 11.3 Å². The summed E-state index contributed by atoms with van der Waals surface area (Å²) in [6, 6.07) is 2.03. The predicted octanol–water partition coefficient (Wildman–Crippen LogP) is 2.66. The molecule has 2 aromatic rings. The molecule has 16 heavy (non-hydrogen) atoms. The molecule has 0 atom stereocenters. The average Bonchev–Trinajstić information content (AvgIpc) is 2.76. The van der Waals surface area contributed by atoms with Gasteiger partial charge in [0, 0.05) is 13.7 Å². The molecule has 5 heteroatoms. The van der Waals surface area contributed by atoms with E-state index in [1.807, 2.05) is 18.5 Å². The molecule has 0 aliphatic heterocycles. The van der Waals surface area contributed by atoms with Gasteiger partial charge in [0.15, 0.2) is 5.82 Å². The zero-order valence-corrected chi connectivity index (χ0v) is 10.3. The van der Waals surface area contributed by atoms with Gasteiger partial charge in [-0.05, 0) is 17.9 Å². The molecule has 0 radical (unpaired) electrons. The van der Waals surface area contributed by atoms with E-state index in [0.29, 0.717) is 6.61 Å². The molecule has 0 saturated carbocycles. The van der Waals surface area contributed by atoms with Crippen molar-refractivity contribution in [1.29, 1.82) is 0 Å². The van der Waals surface area contributed by atoms with Crippen LogP contribution in [-0.2, 0) is 11.3 Å². The molecule has 0 aromatic carbocycles. The van der Waals surface area contributed by atoms with E-state index in [-0.39, 0.29) is 0 Å². The van der Waals surface area contributed by atoms with Crippen LogP contribution in [0.25, 0.3) is 10.2 Å². The number of thiophene rings is 1. The Hall–Kier alpha value is -1.20. The van der Waals surface area contributed by atoms with Crippen molar-refractivity contribution in [3.05, 3.63) is 17.3 Å². The first-order valence-electron chi connectivity index (χ1n) is 5.34. The molecule has 4 nitrogen and oxygen atoms in total. The van der Waals surface area contributed by atoms with Crippen LogP contribution in [0.2, 0.25) is 0 Å². The zero-order chi connectivity index (χ0) is 11.4. The molecule has 0 aliphatic carbocycles. The second-order valence-corrected chi connectivity index (χ2v) is 4.33. The number of ether oxygens (including phenoxy) is 1. The van der Waals surface area contributed by atoms with Crippen molar-refractivity contribution >= 4 is 27.4 Å². The van der Waals surface area contributed by atoms with E-state index in [0.717, 1.165) is 34.9 Å². The number of nitrogens with zero attached hydrogens (tertiary/aromatic N) is 2. The van der Waals surface area contributed by atoms with Gasteiger partial charge in [0.1, 0.15) is 17.3 Å². The molecule has 1 N–H and O–H groups in total. The van der Waals surface area contributed by atoms with E-state index < -0.39 is 0 Å². The van der Waals surface area contributed by atoms with Crippen LogP contribution in [0.5, 0.6) is 0 Å². The molecule has 0 spiro atoms. The maximum atomic E-state index is 5.45. The van der Waals surface area contributed by atoms with Gasteiger partial charge >= 0.3 is 0 Å². The van der Waals surface area contributed by atoms with Crippen molar-refractivity contribution < 1.29 is 4.74 Å². The standard InChI is InChI=1S/C11H15N3OS/c1-3-5-15-7-9-13-10(12-2)8-4-6-16-11(8)14-9/h4,6H,3,5,7H2,1-2H3,(H,12,13,14). The van der Waals surface area contributed by atoms with Crippen LogP contribution in [0.4, 0.5) is 5.82 Å². The minimum atomic E-state index is 0.483. The van der Waals surface area contributed by atoms with Crippen molar-refractivity contribution in [2.24, 2.45) is 0 Å². The lowest BCUT2D eigenvalue weighted by atomic mass is 10.4. The molecule has 0 unspecified atom stereocenters. The van der Waals surface area contributed by atoms with Crippen molar-refractivity contribution in [2.75, 3.05) is 19.0 Å². The van der Waals surface area contributed by atoms with Gasteiger partial charge in [-0.3, -0.25) is 0 Å². The lowest BCUT2D eigenvalue weighted by Gasteiger charge is -2.05. The van der Waals surface area contributed by atoms with Crippen molar-refractivity contribution in [1.82, 2.24) is 9.97 Å². The smallest absolute Gasteiger partial charge is 0.158 e. The lowest BCUT2D eigenvalue weighted by molar-refractivity contribution is 0.116. The summed E-state index contributed by atoms with van der Waals surface area (Å²) in [5.74, 6) is 1.62. The van der Waals surface area contributed by atoms with Crippen LogP contribution in [0.1, 0.15) is 19.2 Å². The largest absolute Gasteiger partial charge is 0.373 e. The highest BCUT2D eigenvalue weighted by Gasteiger charge is 2.07. The number of fused-ring (bicyclic) bond motifs is 1. The summed E-state index contributed by atoms with van der Waals surface area (Å²) in [5, 5.41) is 6.19. The van der Waals surface area contributed by atoms with E-state index in [9.17, 15) is 0 Å². The fourth-order valence-electron chi connectivity index (χ4n) is 1.46. The Bertz CT molecular complexity index is 469. The molecule has 0 saturated heterocycles. The molecule has 2 aromatic heterocycles. The fraction of sp³-hybridized carbons (Fsp3) is 0.455. The number of anilines is 1. The van der Waals surface area contributed by atoms with E-state index in [2.05, 4.69) is 22.2 Å². The van der Waals surface area contributed by atoms with Gasteiger partial charge in [0.25, 0.3) is 0 Å². The molecular formula is C11H15N3OS. The molecule has 0 aliphatic rings. The SMILES string of the molecule is CCCOCc1nc(NC)c2ccsc2n1.